The molecule has 35 heavy (non-hydrogen) atoms. The fourth-order valence-electron chi connectivity index (χ4n) is 3.39. The summed E-state index contributed by atoms with van der Waals surface area (Å²) in [6.07, 6.45) is 1.76. The van der Waals surface area contributed by atoms with Crippen molar-refractivity contribution < 1.29 is 23.8 Å². The molecule has 0 atom stereocenters. The summed E-state index contributed by atoms with van der Waals surface area (Å²) in [4.78, 5) is 25.1. The van der Waals surface area contributed by atoms with Crippen LogP contribution in [0.5, 0.6) is 17.2 Å². The van der Waals surface area contributed by atoms with E-state index in [1.807, 2.05) is 24.3 Å². The summed E-state index contributed by atoms with van der Waals surface area (Å²) >= 11 is 3.52. The first kappa shape index (κ1) is 26.1. The number of aryl methyl sites for hydroxylation is 1. The van der Waals surface area contributed by atoms with Crippen LogP contribution in [0.1, 0.15) is 35.7 Å². The number of halogens is 1. The second-order valence-corrected chi connectivity index (χ2v) is 8.55. The summed E-state index contributed by atoms with van der Waals surface area (Å²) in [5.74, 6) is 1.09. The average Bonchev–Trinajstić information content (AvgIpc) is 2.88. The van der Waals surface area contributed by atoms with Crippen molar-refractivity contribution in [2.24, 2.45) is 0 Å². The summed E-state index contributed by atoms with van der Waals surface area (Å²) in [5, 5.41) is 5.68. The lowest BCUT2D eigenvalue weighted by Crippen LogP contribution is -2.15. The Hall–Kier alpha value is -3.52. The second kappa shape index (κ2) is 12.8. The minimum absolute atomic E-state index is 0.185. The molecular weight excluding hydrogens is 512 g/mol. The predicted octanol–water partition coefficient (Wildman–Crippen LogP) is 6.08. The Morgan fingerprint density at radius 3 is 2.11 bits per heavy atom. The molecule has 0 fully saturated rings. The number of rotatable bonds is 11. The molecular formula is C27H29BrN2O5. The normalized spacial score (nSPS) is 10.4. The van der Waals surface area contributed by atoms with Crippen molar-refractivity contribution in [1.29, 1.82) is 0 Å². The Morgan fingerprint density at radius 2 is 1.51 bits per heavy atom. The van der Waals surface area contributed by atoms with E-state index in [0.29, 0.717) is 41.5 Å². The molecule has 0 saturated heterocycles. The highest BCUT2D eigenvalue weighted by atomic mass is 79.9. The molecule has 0 aliphatic rings. The fraction of sp³-hybridized carbons (Fsp3) is 0.259. The van der Waals surface area contributed by atoms with Gasteiger partial charge in [0.25, 0.3) is 5.91 Å². The maximum absolute atomic E-state index is 12.6. The van der Waals surface area contributed by atoms with Crippen molar-refractivity contribution >= 4 is 39.1 Å². The van der Waals surface area contributed by atoms with Gasteiger partial charge >= 0.3 is 0 Å². The van der Waals surface area contributed by atoms with Crippen LogP contribution in [0.4, 0.5) is 11.4 Å². The van der Waals surface area contributed by atoms with Crippen LogP contribution in [0.15, 0.2) is 65.1 Å². The van der Waals surface area contributed by atoms with Crippen LogP contribution in [0.3, 0.4) is 0 Å². The van der Waals surface area contributed by atoms with Gasteiger partial charge in [-0.1, -0.05) is 31.2 Å². The highest BCUT2D eigenvalue weighted by Crippen LogP contribution is 2.37. The predicted molar refractivity (Wildman–Crippen MR) is 141 cm³/mol. The number of amides is 2. The maximum Gasteiger partial charge on any atom is 0.255 e. The first-order valence-electron chi connectivity index (χ1n) is 11.3. The third kappa shape index (κ3) is 7.23. The van der Waals surface area contributed by atoms with Gasteiger partial charge in [0.15, 0.2) is 0 Å². The van der Waals surface area contributed by atoms with Crippen LogP contribution in [0.2, 0.25) is 0 Å². The number of anilines is 2. The van der Waals surface area contributed by atoms with Crippen molar-refractivity contribution in [2.45, 2.75) is 26.2 Å². The van der Waals surface area contributed by atoms with Crippen molar-refractivity contribution in [3.05, 3.63) is 76.3 Å². The summed E-state index contributed by atoms with van der Waals surface area (Å²) in [5.41, 5.74) is 2.62. The average molecular weight is 541 g/mol. The van der Waals surface area contributed by atoms with E-state index in [1.165, 1.54) is 19.8 Å². The first-order valence-corrected chi connectivity index (χ1v) is 12.1. The minimum atomic E-state index is -0.279. The number of methoxy groups -OCH3 is 2. The van der Waals surface area contributed by atoms with E-state index in [2.05, 4.69) is 33.5 Å². The van der Waals surface area contributed by atoms with Gasteiger partial charge in [0.2, 0.25) is 5.91 Å². The number of benzene rings is 3. The molecule has 0 aliphatic carbocycles. The quantitative estimate of drug-likeness (QED) is 0.288. The van der Waals surface area contributed by atoms with Gasteiger partial charge in [-0.25, -0.2) is 0 Å². The van der Waals surface area contributed by atoms with Crippen molar-refractivity contribution in [1.82, 2.24) is 0 Å². The molecule has 2 N–H and O–H groups in total. The number of carbonyl (C=O) groups excluding carboxylic acids is 2. The molecule has 0 radical (unpaired) electrons. The Balaban J connectivity index is 1.59. The Kier molecular flexibility index (Phi) is 9.55. The van der Waals surface area contributed by atoms with E-state index in [1.54, 1.807) is 36.4 Å². The summed E-state index contributed by atoms with van der Waals surface area (Å²) in [6, 6.07) is 18.1. The van der Waals surface area contributed by atoms with Crippen molar-refractivity contribution in [2.75, 3.05) is 31.5 Å². The summed E-state index contributed by atoms with van der Waals surface area (Å²) < 4.78 is 17.6. The van der Waals surface area contributed by atoms with Crippen LogP contribution in [0.25, 0.3) is 0 Å². The standard InChI is InChI=1S/C27H29BrN2O5/c1-4-18-12-13-23(20(28)15-18)35-14-8-11-26(31)29-21-16-25(34-3)22(17-24(21)33-2)30-27(32)19-9-6-5-7-10-19/h5-7,9-10,12-13,15-17H,4,8,11,14H2,1-3H3,(H,29,31)(H,30,32). The lowest BCUT2D eigenvalue weighted by Gasteiger charge is -2.16. The van der Waals surface area contributed by atoms with Crippen LogP contribution >= 0.6 is 15.9 Å². The number of nitrogens with one attached hydrogen (secondary N) is 2. The van der Waals surface area contributed by atoms with Gasteiger partial charge in [-0.2, -0.15) is 0 Å². The van der Waals surface area contributed by atoms with Gasteiger partial charge in [-0.15, -0.1) is 0 Å². The van der Waals surface area contributed by atoms with E-state index >= 15 is 0 Å². The number of ether oxygens (including phenoxy) is 3. The molecule has 0 spiro atoms. The van der Waals surface area contributed by atoms with E-state index in [4.69, 9.17) is 14.2 Å². The summed E-state index contributed by atoms with van der Waals surface area (Å²) in [7, 11) is 2.99. The van der Waals surface area contributed by atoms with E-state index in [0.717, 1.165) is 16.6 Å². The van der Waals surface area contributed by atoms with Gasteiger partial charge in [-0.3, -0.25) is 9.59 Å². The smallest absolute Gasteiger partial charge is 0.255 e. The molecule has 2 amide bonds. The number of hydrogen-bond donors (Lipinski definition) is 2. The van der Waals surface area contributed by atoms with Crippen molar-refractivity contribution in [3.8, 4) is 17.2 Å². The SMILES string of the molecule is CCc1ccc(OCCCC(=O)Nc2cc(OC)c(NC(=O)c3ccccc3)cc2OC)c(Br)c1. The highest BCUT2D eigenvalue weighted by molar-refractivity contribution is 9.10. The molecule has 0 heterocycles. The third-order valence-corrected chi connectivity index (χ3v) is 5.91. The monoisotopic (exact) mass is 540 g/mol. The number of hydrogen-bond acceptors (Lipinski definition) is 5. The Labute approximate surface area is 213 Å². The first-order chi connectivity index (χ1) is 16.9. The Morgan fingerprint density at radius 1 is 0.857 bits per heavy atom. The molecule has 3 rings (SSSR count). The van der Waals surface area contributed by atoms with Crippen LogP contribution in [0, 0.1) is 0 Å². The molecule has 184 valence electrons. The van der Waals surface area contributed by atoms with E-state index in [-0.39, 0.29) is 18.2 Å². The zero-order valence-corrected chi connectivity index (χ0v) is 21.6. The van der Waals surface area contributed by atoms with Crippen LogP contribution in [-0.2, 0) is 11.2 Å². The lowest BCUT2D eigenvalue weighted by molar-refractivity contribution is -0.116. The van der Waals surface area contributed by atoms with Gasteiger partial charge in [0.1, 0.15) is 17.2 Å². The molecule has 8 heteroatoms. The second-order valence-electron chi connectivity index (χ2n) is 7.69. The third-order valence-electron chi connectivity index (χ3n) is 5.29. The van der Waals surface area contributed by atoms with Crippen LogP contribution in [-0.4, -0.2) is 32.6 Å². The lowest BCUT2D eigenvalue weighted by atomic mass is 10.2. The van der Waals surface area contributed by atoms with Crippen molar-refractivity contribution in [3.63, 3.8) is 0 Å². The van der Waals surface area contributed by atoms with Gasteiger partial charge < -0.3 is 24.8 Å². The van der Waals surface area contributed by atoms with E-state index < -0.39 is 0 Å². The highest BCUT2D eigenvalue weighted by Gasteiger charge is 2.16. The molecule has 0 aromatic heterocycles. The molecule has 0 bridgehead atoms. The van der Waals surface area contributed by atoms with Crippen LogP contribution < -0.4 is 24.8 Å². The molecule has 7 nitrogen and oxygen atoms in total. The van der Waals surface area contributed by atoms with E-state index in [9.17, 15) is 9.59 Å². The summed E-state index contributed by atoms with van der Waals surface area (Å²) in [6.45, 7) is 2.50. The topological polar surface area (TPSA) is 85.9 Å². The molecule has 0 saturated carbocycles. The molecule has 3 aromatic rings. The minimum Gasteiger partial charge on any atom is -0.494 e. The maximum atomic E-state index is 12.6. The van der Waals surface area contributed by atoms with Gasteiger partial charge in [0.05, 0.1) is 36.7 Å². The Bertz CT molecular complexity index is 1170. The molecule has 0 aliphatic heterocycles. The van der Waals surface area contributed by atoms with Gasteiger partial charge in [-0.05, 0) is 58.6 Å². The number of carbonyl (C=O) groups is 2. The molecule has 3 aromatic carbocycles. The van der Waals surface area contributed by atoms with Gasteiger partial charge in [0, 0.05) is 24.1 Å². The largest absolute Gasteiger partial charge is 0.494 e. The zero-order valence-electron chi connectivity index (χ0n) is 20.0. The molecule has 0 unspecified atom stereocenters. The fourth-order valence-corrected chi connectivity index (χ4v) is 3.93. The zero-order chi connectivity index (χ0) is 25.2.